The Morgan fingerprint density at radius 1 is 1.23 bits per heavy atom. The summed E-state index contributed by atoms with van der Waals surface area (Å²) in [4.78, 5) is 7.41. The Balaban J connectivity index is 1.56. The molecule has 6 nitrogen and oxygen atoms in total. The van der Waals surface area contributed by atoms with E-state index in [0.29, 0.717) is 13.2 Å². The van der Waals surface area contributed by atoms with Crippen molar-refractivity contribution in [2.75, 3.05) is 32.8 Å². The molecule has 4 heterocycles. The Kier molecular flexibility index (Phi) is 4.53. The zero-order valence-corrected chi connectivity index (χ0v) is 16.2. The normalized spacial score (nSPS) is 27.1. The molecule has 26 heavy (non-hydrogen) atoms. The van der Waals surface area contributed by atoms with E-state index in [1.165, 1.54) is 0 Å². The van der Waals surface area contributed by atoms with Crippen molar-refractivity contribution in [1.82, 2.24) is 19.7 Å². The molecule has 0 aromatic carbocycles. The Bertz CT molecular complexity index is 796. The predicted molar refractivity (Wildman–Crippen MR) is 101 cm³/mol. The fraction of sp³-hybridized carbons (Fsp3) is 0.700. The number of ether oxygens (including phenoxy) is 1. The van der Waals surface area contributed by atoms with E-state index in [1.807, 2.05) is 18.7 Å². The van der Waals surface area contributed by atoms with Crippen molar-refractivity contribution in [3.8, 4) is 0 Å². The summed E-state index contributed by atoms with van der Waals surface area (Å²) in [7, 11) is 1.96. The molecule has 0 aliphatic carbocycles. The van der Waals surface area contributed by atoms with Crippen LogP contribution < -0.4 is 0 Å². The van der Waals surface area contributed by atoms with Crippen LogP contribution in [0, 0.1) is 6.92 Å². The summed E-state index contributed by atoms with van der Waals surface area (Å²) in [5.41, 5.74) is 2.52. The van der Waals surface area contributed by atoms with E-state index >= 15 is 0 Å². The summed E-state index contributed by atoms with van der Waals surface area (Å²) < 4.78 is 7.30. The Labute approximate surface area is 155 Å². The number of aliphatic hydroxyl groups is 1. The van der Waals surface area contributed by atoms with Crippen LogP contribution in [0.5, 0.6) is 0 Å². The minimum atomic E-state index is -0.604. The zero-order valence-electron chi connectivity index (χ0n) is 16.2. The van der Waals surface area contributed by atoms with Crippen molar-refractivity contribution in [2.45, 2.75) is 50.5 Å². The molecule has 2 aliphatic rings. The lowest BCUT2D eigenvalue weighted by Crippen LogP contribution is -2.52. The van der Waals surface area contributed by atoms with Crippen molar-refractivity contribution in [2.24, 2.45) is 7.05 Å². The van der Waals surface area contributed by atoms with Gasteiger partial charge in [0.2, 0.25) is 0 Å². The highest BCUT2D eigenvalue weighted by atomic mass is 16.5. The van der Waals surface area contributed by atoms with Gasteiger partial charge in [0.25, 0.3) is 0 Å². The fourth-order valence-electron chi connectivity index (χ4n) is 4.65. The Morgan fingerprint density at radius 3 is 2.77 bits per heavy atom. The number of aryl methyl sites for hydroxylation is 2. The summed E-state index contributed by atoms with van der Waals surface area (Å²) in [6, 6.07) is 4.33. The van der Waals surface area contributed by atoms with Gasteiger partial charge in [0.15, 0.2) is 5.65 Å². The average Bonchev–Trinajstić information content (AvgIpc) is 2.89. The molecule has 2 aliphatic heterocycles. The van der Waals surface area contributed by atoms with Gasteiger partial charge >= 0.3 is 0 Å². The molecule has 0 bridgehead atoms. The van der Waals surface area contributed by atoms with E-state index in [2.05, 4.69) is 29.1 Å². The maximum absolute atomic E-state index is 10.9. The third kappa shape index (κ3) is 3.26. The van der Waals surface area contributed by atoms with Gasteiger partial charge in [-0.25, -0.2) is 4.98 Å². The van der Waals surface area contributed by atoms with Gasteiger partial charge in [-0.1, -0.05) is 6.92 Å². The summed E-state index contributed by atoms with van der Waals surface area (Å²) in [6.07, 6.45) is 3.73. The molecule has 1 unspecified atom stereocenters. The molecule has 2 fully saturated rings. The molecule has 2 aromatic heterocycles. The van der Waals surface area contributed by atoms with Crippen LogP contribution in [0.2, 0.25) is 0 Å². The second-order valence-corrected chi connectivity index (χ2v) is 8.49. The van der Waals surface area contributed by atoms with Crippen molar-refractivity contribution >= 4 is 11.0 Å². The van der Waals surface area contributed by atoms with Gasteiger partial charge < -0.3 is 9.84 Å². The number of pyridine rings is 1. The first-order valence-corrected chi connectivity index (χ1v) is 9.72. The van der Waals surface area contributed by atoms with Gasteiger partial charge in [-0.15, -0.1) is 0 Å². The molecule has 0 spiro atoms. The van der Waals surface area contributed by atoms with Crippen molar-refractivity contribution in [3.05, 3.63) is 23.5 Å². The van der Waals surface area contributed by atoms with Crippen LogP contribution in [0.25, 0.3) is 11.0 Å². The summed E-state index contributed by atoms with van der Waals surface area (Å²) in [5.74, 6) is 0. The number of aromatic nitrogens is 3. The average molecular weight is 358 g/mol. The number of fused-ring (bicyclic) bond motifs is 1. The smallest absolute Gasteiger partial charge is 0.158 e. The fourth-order valence-corrected chi connectivity index (χ4v) is 4.65. The van der Waals surface area contributed by atoms with Crippen LogP contribution in [-0.2, 0) is 17.2 Å². The SMILES string of the molecule is Cc1nn(C)c2nc(C3(C)CCCN(CC4(O)CCOCC4)C3)ccc12. The van der Waals surface area contributed by atoms with Gasteiger partial charge in [-0.2, -0.15) is 5.10 Å². The van der Waals surface area contributed by atoms with Gasteiger partial charge in [0, 0.05) is 57.0 Å². The molecule has 1 atom stereocenters. The van der Waals surface area contributed by atoms with Crippen molar-refractivity contribution in [1.29, 1.82) is 0 Å². The molecule has 4 rings (SSSR count). The van der Waals surface area contributed by atoms with E-state index in [1.54, 1.807) is 0 Å². The molecule has 6 heteroatoms. The largest absolute Gasteiger partial charge is 0.388 e. The highest BCUT2D eigenvalue weighted by molar-refractivity contribution is 5.78. The number of likely N-dealkylation sites (tertiary alicyclic amines) is 1. The number of hydrogen-bond donors (Lipinski definition) is 1. The van der Waals surface area contributed by atoms with Crippen molar-refractivity contribution in [3.63, 3.8) is 0 Å². The predicted octanol–water partition coefficient (Wildman–Crippen LogP) is 2.17. The maximum Gasteiger partial charge on any atom is 0.158 e. The monoisotopic (exact) mass is 358 g/mol. The first-order chi connectivity index (χ1) is 12.4. The van der Waals surface area contributed by atoms with E-state index in [4.69, 9.17) is 9.72 Å². The standard InChI is InChI=1S/C20H30N4O2/c1-15-16-5-6-17(21-18(16)23(3)22-15)19(2)7-4-10-24(13-19)14-20(25)8-11-26-12-9-20/h5-6,25H,4,7-14H2,1-3H3. The van der Waals surface area contributed by atoms with E-state index in [9.17, 15) is 5.11 Å². The highest BCUT2D eigenvalue weighted by Gasteiger charge is 2.38. The molecular weight excluding hydrogens is 328 g/mol. The number of nitrogens with zero attached hydrogens (tertiary/aromatic N) is 4. The summed E-state index contributed by atoms with van der Waals surface area (Å²) >= 11 is 0. The molecule has 0 amide bonds. The zero-order chi connectivity index (χ0) is 18.4. The van der Waals surface area contributed by atoms with Gasteiger partial charge in [-0.3, -0.25) is 9.58 Å². The van der Waals surface area contributed by atoms with Crippen LogP contribution >= 0.6 is 0 Å². The first kappa shape index (κ1) is 17.9. The molecular formula is C20H30N4O2. The molecule has 1 N–H and O–H groups in total. The van der Waals surface area contributed by atoms with Crippen LogP contribution in [0.4, 0.5) is 0 Å². The molecule has 0 saturated carbocycles. The number of piperidine rings is 1. The maximum atomic E-state index is 10.9. The van der Waals surface area contributed by atoms with Crippen LogP contribution in [0.15, 0.2) is 12.1 Å². The molecule has 0 radical (unpaired) electrons. The quantitative estimate of drug-likeness (QED) is 0.911. The Morgan fingerprint density at radius 2 is 2.00 bits per heavy atom. The second-order valence-electron chi connectivity index (χ2n) is 8.49. The lowest BCUT2D eigenvalue weighted by molar-refractivity contribution is -0.0847. The first-order valence-electron chi connectivity index (χ1n) is 9.72. The topological polar surface area (TPSA) is 63.4 Å². The van der Waals surface area contributed by atoms with Crippen LogP contribution in [0.3, 0.4) is 0 Å². The number of rotatable bonds is 3. The third-order valence-corrected chi connectivity index (χ3v) is 6.21. The van der Waals surface area contributed by atoms with Crippen LogP contribution in [0.1, 0.15) is 44.0 Å². The third-order valence-electron chi connectivity index (χ3n) is 6.21. The van der Waals surface area contributed by atoms with E-state index < -0.39 is 5.60 Å². The van der Waals surface area contributed by atoms with E-state index in [0.717, 1.165) is 67.7 Å². The summed E-state index contributed by atoms with van der Waals surface area (Å²) in [5, 5.41) is 16.5. The lowest BCUT2D eigenvalue weighted by Gasteiger charge is -2.44. The van der Waals surface area contributed by atoms with Crippen molar-refractivity contribution < 1.29 is 9.84 Å². The lowest BCUT2D eigenvalue weighted by atomic mass is 9.78. The minimum absolute atomic E-state index is 0.00609. The summed E-state index contributed by atoms with van der Waals surface area (Å²) in [6.45, 7) is 8.39. The minimum Gasteiger partial charge on any atom is -0.388 e. The Hall–Kier alpha value is -1.50. The second kappa shape index (κ2) is 6.59. The number of hydrogen-bond acceptors (Lipinski definition) is 5. The van der Waals surface area contributed by atoms with Gasteiger partial charge in [0.05, 0.1) is 17.0 Å². The molecule has 2 saturated heterocycles. The van der Waals surface area contributed by atoms with Gasteiger partial charge in [-0.05, 0) is 38.4 Å². The molecule has 2 aromatic rings. The van der Waals surface area contributed by atoms with Gasteiger partial charge in [0.1, 0.15) is 0 Å². The van der Waals surface area contributed by atoms with Crippen LogP contribution in [-0.4, -0.2) is 63.2 Å². The molecule has 142 valence electrons. The number of β-amino-alcohol motifs (C(OH)–C–C–N with tert-alkyl or cyclic N) is 1. The highest BCUT2D eigenvalue weighted by Crippen LogP contribution is 2.35. The van der Waals surface area contributed by atoms with E-state index in [-0.39, 0.29) is 5.41 Å².